The number of hydrogen-bond acceptors (Lipinski definition) is 3. The van der Waals surface area contributed by atoms with Gasteiger partial charge in [0.1, 0.15) is 5.82 Å². The van der Waals surface area contributed by atoms with Crippen molar-refractivity contribution in [2.24, 2.45) is 5.92 Å². The van der Waals surface area contributed by atoms with Crippen LogP contribution in [0.2, 0.25) is 0 Å². The normalized spacial score (nSPS) is 34.5. The molecule has 1 N–H and O–H groups in total. The molecule has 2 aliphatic heterocycles. The van der Waals surface area contributed by atoms with Gasteiger partial charge in [0.2, 0.25) is 0 Å². The minimum Gasteiger partial charge on any atom is -0.371 e. The fourth-order valence-electron chi connectivity index (χ4n) is 3.44. The minimum atomic E-state index is 0.733. The average molecular weight is 222 g/mol. The minimum absolute atomic E-state index is 0.733. The molecule has 0 radical (unpaired) electrons. The van der Waals surface area contributed by atoms with E-state index in [0.29, 0.717) is 0 Å². The van der Waals surface area contributed by atoms with Crippen LogP contribution in [0.1, 0.15) is 32.1 Å². The predicted octanol–water partition coefficient (Wildman–Crippen LogP) is 2.07. The molecular formula is C12H18N2S. The summed E-state index contributed by atoms with van der Waals surface area (Å²) in [5.41, 5.74) is 1.43. The summed E-state index contributed by atoms with van der Waals surface area (Å²) >= 11 is 5.20. The van der Waals surface area contributed by atoms with Gasteiger partial charge in [-0.15, -0.1) is 0 Å². The van der Waals surface area contributed by atoms with Gasteiger partial charge in [-0.25, -0.2) is 0 Å². The molecule has 0 spiro atoms. The first-order chi connectivity index (χ1) is 7.42. The molecule has 2 atom stereocenters. The van der Waals surface area contributed by atoms with Crippen LogP contribution in [-0.4, -0.2) is 29.4 Å². The number of nitrogens with one attached hydrogen (secondary N) is 1. The first kappa shape index (κ1) is 9.64. The van der Waals surface area contributed by atoms with Crippen LogP contribution >= 0.6 is 12.2 Å². The summed E-state index contributed by atoms with van der Waals surface area (Å²) in [5, 5.41) is 5.47. The molecule has 2 heterocycles. The molecule has 1 saturated heterocycles. The maximum absolute atomic E-state index is 5.20. The summed E-state index contributed by atoms with van der Waals surface area (Å²) in [7, 11) is 0. The van der Waals surface area contributed by atoms with Gasteiger partial charge in [0.15, 0.2) is 0 Å². The van der Waals surface area contributed by atoms with Crippen LogP contribution < -0.4 is 5.32 Å². The molecule has 82 valence electrons. The summed E-state index contributed by atoms with van der Waals surface area (Å²) in [6, 6.07) is 0.760. The summed E-state index contributed by atoms with van der Waals surface area (Å²) in [6.07, 6.45) is 6.76. The van der Waals surface area contributed by atoms with E-state index in [-0.39, 0.29) is 0 Å². The Labute approximate surface area is 96.7 Å². The molecule has 1 aliphatic carbocycles. The fourth-order valence-corrected chi connectivity index (χ4v) is 3.72. The van der Waals surface area contributed by atoms with Gasteiger partial charge in [0, 0.05) is 36.0 Å². The summed E-state index contributed by atoms with van der Waals surface area (Å²) < 4.78 is 0. The zero-order chi connectivity index (χ0) is 10.3. The van der Waals surface area contributed by atoms with Crippen molar-refractivity contribution in [2.75, 3.05) is 13.1 Å². The zero-order valence-corrected chi connectivity index (χ0v) is 9.85. The Balaban J connectivity index is 1.95. The quantitative estimate of drug-likeness (QED) is 0.684. The fraction of sp³-hybridized carbons (Fsp3) is 0.750. The Hall–Kier alpha value is -0.570. The number of hydrogen-bond donors (Lipinski definition) is 1. The van der Waals surface area contributed by atoms with Crippen LogP contribution in [0.15, 0.2) is 11.4 Å². The van der Waals surface area contributed by atoms with Gasteiger partial charge in [-0.05, 0) is 19.3 Å². The Kier molecular flexibility index (Phi) is 2.43. The lowest BCUT2D eigenvalue weighted by Gasteiger charge is -2.37. The standard InChI is InChI=1S/C12H18N2S/c15-8-10-9-4-1-2-5-11(9)14-7-3-6-13-12(10)14/h8-9,11,13H,1-7H2/t9-,11-/m1/s1. The van der Waals surface area contributed by atoms with Crippen LogP contribution in [-0.2, 0) is 0 Å². The molecule has 2 fully saturated rings. The Bertz CT molecular complexity index is 311. The van der Waals surface area contributed by atoms with Gasteiger partial charge < -0.3 is 10.2 Å². The number of fused-ring (bicyclic) bond motifs is 3. The van der Waals surface area contributed by atoms with Crippen LogP contribution in [0.5, 0.6) is 0 Å². The second-order valence-electron chi connectivity index (χ2n) is 4.85. The molecule has 0 aromatic heterocycles. The Morgan fingerprint density at radius 3 is 3.00 bits per heavy atom. The first-order valence-corrected chi connectivity index (χ1v) is 6.59. The highest BCUT2D eigenvalue weighted by atomic mass is 32.1. The van der Waals surface area contributed by atoms with Crippen molar-refractivity contribution in [1.29, 1.82) is 0 Å². The van der Waals surface area contributed by atoms with Gasteiger partial charge >= 0.3 is 0 Å². The van der Waals surface area contributed by atoms with Crippen molar-refractivity contribution in [3.63, 3.8) is 0 Å². The van der Waals surface area contributed by atoms with Crippen LogP contribution in [0, 0.1) is 5.92 Å². The van der Waals surface area contributed by atoms with Gasteiger partial charge in [-0.2, -0.15) is 0 Å². The topological polar surface area (TPSA) is 15.3 Å². The van der Waals surface area contributed by atoms with E-state index < -0.39 is 0 Å². The van der Waals surface area contributed by atoms with E-state index in [1.807, 2.05) is 5.37 Å². The second-order valence-corrected chi connectivity index (χ2v) is 5.09. The van der Waals surface area contributed by atoms with E-state index in [4.69, 9.17) is 12.2 Å². The Morgan fingerprint density at radius 1 is 1.27 bits per heavy atom. The molecule has 0 amide bonds. The third-order valence-electron chi connectivity index (χ3n) is 4.09. The SMILES string of the molecule is S=CC1=C2NCCCN2[C@@H]2CCCC[C@H]12. The largest absolute Gasteiger partial charge is 0.371 e. The van der Waals surface area contributed by atoms with Gasteiger partial charge in [0.05, 0.1) is 0 Å². The summed E-state index contributed by atoms with van der Waals surface area (Å²) in [6.45, 7) is 2.36. The van der Waals surface area contributed by atoms with Crippen molar-refractivity contribution < 1.29 is 0 Å². The van der Waals surface area contributed by atoms with E-state index in [1.165, 1.54) is 50.0 Å². The molecule has 0 unspecified atom stereocenters. The highest BCUT2D eigenvalue weighted by molar-refractivity contribution is 7.79. The van der Waals surface area contributed by atoms with Crippen molar-refractivity contribution >= 4 is 17.6 Å². The molecule has 2 nitrogen and oxygen atoms in total. The molecule has 3 heteroatoms. The van der Waals surface area contributed by atoms with E-state index in [1.54, 1.807) is 0 Å². The molecule has 1 saturated carbocycles. The third kappa shape index (κ3) is 1.40. The van der Waals surface area contributed by atoms with Crippen molar-refractivity contribution in [2.45, 2.75) is 38.1 Å². The lowest BCUT2D eigenvalue weighted by atomic mass is 9.82. The number of thiocarbonyl (C=S) groups is 1. The maximum Gasteiger partial charge on any atom is 0.106 e. The lowest BCUT2D eigenvalue weighted by molar-refractivity contribution is 0.167. The lowest BCUT2D eigenvalue weighted by Crippen LogP contribution is -2.43. The smallest absolute Gasteiger partial charge is 0.106 e. The maximum atomic E-state index is 5.20. The predicted molar refractivity (Wildman–Crippen MR) is 65.8 cm³/mol. The third-order valence-corrected chi connectivity index (χ3v) is 4.34. The van der Waals surface area contributed by atoms with Crippen molar-refractivity contribution in [1.82, 2.24) is 10.2 Å². The number of nitrogens with zero attached hydrogens (tertiary/aromatic N) is 1. The van der Waals surface area contributed by atoms with Gasteiger partial charge in [0.25, 0.3) is 0 Å². The van der Waals surface area contributed by atoms with Gasteiger partial charge in [-0.3, -0.25) is 0 Å². The number of rotatable bonds is 1. The molecule has 0 bridgehead atoms. The van der Waals surface area contributed by atoms with Crippen molar-refractivity contribution in [3.8, 4) is 0 Å². The van der Waals surface area contributed by atoms with Crippen LogP contribution in [0.25, 0.3) is 0 Å². The van der Waals surface area contributed by atoms with Gasteiger partial charge in [-0.1, -0.05) is 25.1 Å². The van der Waals surface area contributed by atoms with E-state index in [2.05, 4.69) is 10.2 Å². The summed E-state index contributed by atoms with van der Waals surface area (Å²) in [4.78, 5) is 2.59. The molecule has 0 aromatic carbocycles. The Morgan fingerprint density at radius 2 is 2.13 bits per heavy atom. The van der Waals surface area contributed by atoms with Crippen LogP contribution in [0.4, 0.5) is 0 Å². The summed E-state index contributed by atoms with van der Waals surface area (Å²) in [5.74, 6) is 2.10. The zero-order valence-electron chi connectivity index (χ0n) is 9.04. The molecule has 0 aromatic rings. The molecule has 15 heavy (non-hydrogen) atoms. The van der Waals surface area contributed by atoms with Crippen molar-refractivity contribution in [3.05, 3.63) is 11.4 Å². The highest BCUT2D eigenvalue weighted by Crippen LogP contribution is 2.41. The molecule has 3 rings (SSSR count). The van der Waals surface area contributed by atoms with E-state index >= 15 is 0 Å². The highest BCUT2D eigenvalue weighted by Gasteiger charge is 2.41. The monoisotopic (exact) mass is 222 g/mol. The van der Waals surface area contributed by atoms with E-state index in [0.717, 1.165) is 18.5 Å². The first-order valence-electron chi connectivity index (χ1n) is 6.11. The average Bonchev–Trinajstić information content (AvgIpc) is 2.63. The second kappa shape index (κ2) is 3.78. The van der Waals surface area contributed by atoms with Crippen LogP contribution in [0.3, 0.4) is 0 Å². The molecular weight excluding hydrogens is 204 g/mol. The molecule has 3 aliphatic rings. The van der Waals surface area contributed by atoms with E-state index in [9.17, 15) is 0 Å².